The van der Waals surface area contributed by atoms with Gasteiger partial charge in [-0.3, -0.25) is 0 Å². The monoisotopic (exact) mass is 421 g/mol. The second-order valence-electron chi connectivity index (χ2n) is 5.06. The zero-order chi connectivity index (χ0) is 14.8. The molecule has 6 heteroatoms. The van der Waals surface area contributed by atoms with Crippen molar-refractivity contribution in [3.05, 3.63) is 41.1 Å². The summed E-state index contributed by atoms with van der Waals surface area (Å²) in [6.07, 6.45) is 2.36. The van der Waals surface area contributed by atoms with Gasteiger partial charge >= 0.3 is 0 Å². The molecular formula is C15H17BrClNS3. The minimum atomic E-state index is 0.277. The fraction of sp³-hybridized carbons (Fsp3) is 0.467. The van der Waals surface area contributed by atoms with Crippen LogP contribution in [0.5, 0.6) is 0 Å². The third-order valence-electron chi connectivity index (χ3n) is 3.48. The molecule has 1 aliphatic rings. The molecule has 0 aliphatic carbocycles. The van der Waals surface area contributed by atoms with E-state index in [4.69, 9.17) is 11.6 Å². The van der Waals surface area contributed by atoms with E-state index in [9.17, 15) is 0 Å². The van der Waals surface area contributed by atoms with Gasteiger partial charge in [-0.25, -0.2) is 0 Å². The Hall–Kier alpha value is 0.480. The van der Waals surface area contributed by atoms with E-state index >= 15 is 0 Å². The number of thioether (sulfide) groups is 1. The quantitative estimate of drug-likeness (QED) is 0.624. The maximum absolute atomic E-state index is 6.23. The van der Waals surface area contributed by atoms with Crippen LogP contribution in [0, 0.1) is 0 Å². The van der Waals surface area contributed by atoms with Crippen LogP contribution in [0.2, 0.25) is 5.02 Å². The van der Waals surface area contributed by atoms with Crippen LogP contribution in [-0.4, -0.2) is 12.3 Å². The number of hydrogen-bond donors (Lipinski definition) is 1. The standard InChI is InChI=1S/C15H17BrClNS3/c1-2-4-18-14(13-7-10(17)15(16)21-13)12-6-9-8-19-5-3-11(9)20-12/h6-7,14,18H,2-5,8H2,1H3. The fourth-order valence-electron chi connectivity index (χ4n) is 2.45. The first-order valence-corrected chi connectivity index (χ1v) is 11.0. The van der Waals surface area contributed by atoms with Gasteiger partial charge in [0.25, 0.3) is 0 Å². The van der Waals surface area contributed by atoms with Crippen LogP contribution in [-0.2, 0) is 12.2 Å². The summed E-state index contributed by atoms with van der Waals surface area (Å²) in [5, 5.41) is 4.50. The molecule has 3 heterocycles. The van der Waals surface area contributed by atoms with Crippen molar-refractivity contribution < 1.29 is 0 Å². The highest BCUT2D eigenvalue weighted by Crippen LogP contribution is 2.41. The molecule has 0 fully saturated rings. The van der Waals surface area contributed by atoms with Crippen molar-refractivity contribution in [2.24, 2.45) is 0 Å². The highest BCUT2D eigenvalue weighted by molar-refractivity contribution is 9.11. The highest BCUT2D eigenvalue weighted by Gasteiger charge is 2.22. The van der Waals surface area contributed by atoms with E-state index in [2.05, 4.69) is 40.3 Å². The number of halogens is 2. The van der Waals surface area contributed by atoms with Gasteiger partial charge in [0.2, 0.25) is 0 Å². The van der Waals surface area contributed by atoms with Crippen LogP contribution < -0.4 is 5.32 Å². The Bertz CT molecular complexity index is 579. The lowest BCUT2D eigenvalue weighted by atomic mass is 10.1. The summed E-state index contributed by atoms with van der Waals surface area (Å²) < 4.78 is 1.03. The molecule has 1 N–H and O–H groups in total. The molecule has 1 aliphatic heterocycles. The Kier molecular flexibility index (Phi) is 5.73. The van der Waals surface area contributed by atoms with E-state index < -0.39 is 0 Å². The van der Waals surface area contributed by atoms with Crippen molar-refractivity contribution in [1.29, 1.82) is 0 Å². The van der Waals surface area contributed by atoms with E-state index in [0.717, 1.165) is 21.8 Å². The molecule has 0 aromatic carbocycles. The summed E-state index contributed by atoms with van der Waals surface area (Å²) in [5.41, 5.74) is 1.54. The van der Waals surface area contributed by atoms with Crippen LogP contribution in [0.15, 0.2) is 15.9 Å². The predicted octanol–water partition coefficient (Wildman–Crippen LogP) is 6.10. The van der Waals surface area contributed by atoms with Gasteiger partial charge in [-0.15, -0.1) is 22.7 Å². The Labute approximate surface area is 151 Å². The largest absolute Gasteiger partial charge is 0.305 e. The van der Waals surface area contributed by atoms with Gasteiger partial charge in [0.15, 0.2) is 0 Å². The molecule has 1 nitrogen and oxygen atoms in total. The molecule has 21 heavy (non-hydrogen) atoms. The van der Waals surface area contributed by atoms with E-state index in [0.29, 0.717) is 0 Å². The van der Waals surface area contributed by atoms with Gasteiger partial charge in [0.1, 0.15) is 0 Å². The minimum absolute atomic E-state index is 0.277. The second-order valence-corrected chi connectivity index (χ2v) is 10.1. The topological polar surface area (TPSA) is 12.0 Å². The zero-order valence-electron chi connectivity index (χ0n) is 11.7. The minimum Gasteiger partial charge on any atom is -0.305 e. The van der Waals surface area contributed by atoms with Gasteiger partial charge in [0.05, 0.1) is 14.9 Å². The second kappa shape index (κ2) is 7.37. The van der Waals surface area contributed by atoms with Gasteiger partial charge in [0, 0.05) is 20.4 Å². The lowest BCUT2D eigenvalue weighted by Gasteiger charge is -2.15. The summed E-state index contributed by atoms with van der Waals surface area (Å²) in [7, 11) is 0. The molecule has 1 atom stereocenters. The molecule has 0 radical (unpaired) electrons. The average Bonchev–Trinajstić information content (AvgIpc) is 3.04. The smallest absolute Gasteiger partial charge is 0.0888 e. The van der Waals surface area contributed by atoms with E-state index in [-0.39, 0.29) is 6.04 Å². The summed E-state index contributed by atoms with van der Waals surface area (Å²) in [5.74, 6) is 2.43. The molecule has 2 aromatic rings. The first kappa shape index (κ1) is 16.3. The average molecular weight is 423 g/mol. The Morgan fingerprint density at radius 2 is 2.14 bits per heavy atom. The van der Waals surface area contributed by atoms with Crippen molar-refractivity contribution >= 4 is 62.0 Å². The molecule has 0 spiro atoms. The number of nitrogens with one attached hydrogen (secondary N) is 1. The third kappa shape index (κ3) is 3.70. The van der Waals surface area contributed by atoms with Crippen molar-refractivity contribution in [3.8, 4) is 0 Å². The van der Waals surface area contributed by atoms with Gasteiger partial charge in [-0.2, -0.15) is 11.8 Å². The van der Waals surface area contributed by atoms with Crippen molar-refractivity contribution in [2.45, 2.75) is 31.6 Å². The van der Waals surface area contributed by atoms with Crippen molar-refractivity contribution in [1.82, 2.24) is 5.32 Å². The van der Waals surface area contributed by atoms with Crippen molar-refractivity contribution in [3.63, 3.8) is 0 Å². The molecule has 2 aromatic heterocycles. The zero-order valence-corrected chi connectivity index (χ0v) is 16.5. The SMILES string of the molecule is CCCNC(c1cc(Cl)c(Br)s1)c1cc2c(s1)CCSC2. The van der Waals surface area contributed by atoms with Crippen LogP contribution in [0.25, 0.3) is 0 Å². The van der Waals surface area contributed by atoms with Crippen LogP contribution >= 0.6 is 62.0 Å². The number of aryl methyl sites for hydroxylation is 1. The van der Waals surface area contributed by atoms with E-state index in [1.165, 1.54) is 33.2 Å². The van der Waals surface area contributed by atoms with Gasteiger partial charge in [-0.05, 0) is 58.8 Å². The predicted molar refractivity (Wildman–Crippen MR) is 101 cm³/mol. The summed E-state index contributed by atoms with van der Waals surface area (Å²) >= 11 is 15.5. The Morgan fingerprint density at radius 1 is 1.33 bits per heavy atom. The maximum Gasteiger partial charge on any atom is 0.0888 e. The number of fused-ring (bicyclic) bond motifs is 1. The summed E-state index contributed by atoms with van der Waals surface area (Å²) in [6, 6.07) is 4.78. The van der Waals surface area contributed by atoms with E-state index in [1.54, 1.807) is 16.2 Å². The third-order valence-corrected chi connectivity index (χ3v) is 8.33. The summed E-state index contributed by atoms with van der Waals surface area (Å²) in [6.45, 7) is 3.23. The van der Waals surface area contributed by atoms with Crippen LogP contribution in [0.4, 0.5) is 0 Å². The van der Waals surface area contributed by atoms with Gasteiger partial charge < -0.3 is 5.32 Å². The number of hydrogen-bond acceptors (Lipinski definition) is 4. The number of thiophene rings is 2. The molecule has 0 amide bonds. The lowest BCUT2D eigenvalue weighted by molar-refractivity contribution is 0.613. The Balaban J connectivity index is 1.92. The van der Waals surface area contributed by atoms with Gasteiger partial charge in [-0.1, -0.05) is 18.5 Å². The molecule has 114 valence electrons. The first-order chi connectivity index (χ1) is 10.2. The fourth-order valence-corrected chi connectivity index (χ4v) is 6.84. The lowest BCUT2D eigenvalue weighted by Crippen LogP contribution is -2.21. The van der Waals surface area contributed by atoms with Crippen LogP contribution in [0.1, 0.15) is 39.6 Å². The Morgan fingerprint density at radius 3 is 2.81 bits per heavy atom. The molecule has 0 saturated heterocycles. The molecule has 1 unspecified atom stereocenters. The van der Waals surface area contributed by atoms with E-state index in [1.807, 2.05) is 23.1 Å². The normalized spacial score (nSPS) is 16.0. The van der Waals surface area contributed by atoms with Crippen LogP contribution in [0.3, 0.4) is 0 Å². The number of rotatable bonds is 5. The first-order valence-electron chi connectivity index (χ1n) is 7.06. The molecule has 0 bridgehead atoms. The highest BCUT2D eigenvalue weighted by atomic mass is 79.9. The summed E-state index contributed by atoms with van der Waals surface area (Å²) in [4.78, 5) is 4.31. The molecular weight excluding hydrogens is 406 g/mol. The molecule has 0 saturated carbocycles. The molecule has 3 rings (SSSR count). The van der Waals surface area contributed by atoms with Crippen molar-refractivity contribution in [2.75, 3.05) is 12.3 Å². The maximum atomic E-state index is 6.23.